The summed E-state index contributed by atoms with van der Waals surface area (Å²) in [6.45, 7) is 3.63. The Bertz CT molecular complexity index is 257. The first-order chi connectivity index (χ1) is 5.24. The van der Waals surface area contributed by atoms with E-state index < -0.39 is 0 Å². The van der Waals surface area contributed by atoms with E-state index in [0.717, 1.165) is 15.0 Å². The number of carbonyl (C=O) groups is 1. The van der Waals surface area contributed by atoms with Crippen molar-refractivity contribution < 1.29 is 4.79 Å². The lowest BCUT2D eigenvalue weighted by atomic mass is 10.4. The van der Waals surface area contributed by atoms with Gasteiger partial charge in [0.25, 0.3) is 0 Å². The second-order valence-corrected chi connectivity index (χ2v) is 4.52. The second kappa shape index (κ2) is 3.88. The smallest absolute Gasteiger partial charge is 0.171 e. The van der Waals surface area contributed by atoms with Gasteiger partial charge in [0.05, 0.1) is 11.1 Å². The second-order valence-electron chi connectivity index (χ2n) is 1.98. The van der Waals surface area contributed by atoms with E-state index in [9.17, 15) is 4.79 Å². The highest BCUT2D eigenvalue weighted by Crippen LogP contribution is 2.23. The van der Waals surface area contributed by atoms with Crippen molar-refractivity contribution in [2.45, 2.75) is 18.2 Å². The fourth-order valence-electron chi connectivity index (χ4n) is 0.611. The minimum atomic E-state index is 0.102. The van der Waals surface area contributed by atoms with Gasteiger partial charge >= 0.3 is 0 Å². The van der Waals surface area contributed by atoms with Gasteiger partial charge in [0.1, 0.15) is 4.34 Å². The highest BCUT2D eigenvalue weighted by Gasteiger charge is 2.04. The van der Waals surface area contributed by atoms with Crippen LogP contribution in [0.4, 0.5) is 0 Å². The van der Waals surface area contributed by atoms with E-state index in [-0.39, 0.29) is 5.78 Å². The van der Waals surface area contributed by atoms with Crippen LogP contribution in [-0.4, -0.2) is 16.5 Å². The van der Waals surface area contributed by atoms with E-state index in [2.05, 4.69) is 11.9 Å². The van der Waals surface area contributed by atoms with E-state index in [1.165, 1.54) is 11.3 Å². The topological polar surface area (TPSA) is 30.0 Å². The largest absolute Gasteiger partial charge is 0.294 e. The lowest BCUT2D eigenvalue weighted by Gasteiger charge is -1.86. The number of rotatable bonds is 3. The number of thioether (sulfide) groups is 1. The van der Waals surface area contributed by atoms with Crippen molar-refractivity contribution in [1.29, 1.82) is 0 Å². The molecule has 1 rings (SSSR count). The molecule has 1 heterocycles. The van der Waals surface area contributed by atoms with Crippen LogP contribution in [0, 0.1) is 0 Å². The number of carbonyl (C=O) groups excluding carboxylic acids is 1. The first kappa shape index (κ1) is 8.74. The first-order valence-electron chi connectivity index (χ1n) is 3.33. The van der Waals surface area contributed by atoms with Crippen LogP contribution in [0.25, 0.3) is 0 Å². The van der Waals surface area contributed by atoms with Gasteiger partial charge in [-0.05, 0) is 5.75 Å². The number of nitrogens with zero attached hydrogens (tertiary/aromatic N) is 1. The monoisotopic (exact) mass is 187 g/mol. The minimum Gasteiger partial charge on any atom is -0.294 e. The normalized spacial score (nSPS) is 10.0. The summed E-state index contributed by atoms with van der Waals surface area (Å²) in [6, 6.07) is 0. The zero-order valence-electron chi connectivity index (χ0n) is 6.46. The summed E-state index contributed by atoms with van der Waals surface area (Å²) in [5.74, 6) is 1.11. The highest BCUT2D eigenvalue weighted by molar-refractivity contribution is 8.01. The first-order valence-corrected chi connectivity index (χ1v) is 5.13. The van der Waals surface area contributed by atoms with E-state index >= 15 is 0 Å². The van der Waals surface area contributed by atoms with Gasteiger partial charge in [0.15, 0.2) is 5.78 Å². The maximum atomic E-state index is 10.8. The molecule has 0 aromatic carbocycles. The van der Waals surface area contributed by atoms with Crippen molar-refractivity contribution in [2.75, 3.05) is 5.75 Å². The Hall–Kier alpha value is -0.350. The van der Waals surface area contributed by atoms with Crippen molar-refractivity contribution in [2.24, 2.45) is 0 Å². The number of ketones is 1. The molecule has 0 spiro atoms. The van der Waals surface area contributed by atoms with Gasteiger partial charge in [0.2, 0.25) is 0 Å². The Morgan fingerprint density at radius 2 is 2.55 bits per heavy atom. The van der Waals surface area contributed by atoms with Crippen LogP contribution < -0.4 is 0 Å². The number of thiazole rings is 1. The van der Waals surface area contributed by atoms with Crippen LogP contribution in [-0.2, 0) is 0 Å². The summed E-state index contributed by atoms with van der Waals surface area (Å²) in [5.41, 5.74) is 0. The van der Waals surface area contributed by atoms with Crippen LogP contribution in [0.1, 0.15) is 23.5 Å². The number of hydrogen-bond acceptors (Lipinski definition) is 4. The van der Waals surface area contributed by atoms with E-state index in [1.54, 1.807) is 24.9 Å². The molecule has 0 bridgehead atoms. The van der Waals surface area contributed by atoms with Gasteiger partial charge in [-0.2, -0.15) is 0 Å². The van der Waals surface area contributed by atoms with E-state index in [1.807, 2.05) is 0 Å². The minimum absolute atomic E-state index is 0.102. The van der Waals surface area contributed by atoms with Crippen molar-refractivity contribution in [3.05, 3.63) is 11.1 Å². The Kier molecular flexibility index (Phi) is 3.08. The van der Waals surface area contributed by atoms with Crippen molar-refractivity contribution in [1.82, 2.24) is 4.98 Å². The van der Waals surface area contributed by atoms with Gasteiger partial charge in [-0.15, -0.1) is 11.3 Å². The fraction of sp³-hybridized carbons (Fsp3) is 0.429. The summed E-state index contributed by atoms with van der Waals surface area (Å²) >= 11 is 3.14. The number of hydrogen-bond donors (Lipinski definition) is 0. The molecule has 0 aliphatic rings. The van der Waals surface area contributed by atoms with Crippen molar-refractivity contribution in [3.8, 4) is 0 Å². The molecule has 0 radical (unpaired) electrons. The molecule has 0 N–H and O–H groups in total. The fourth-order valence-corrected chi connectivity index (χ4v) is 2.39. The maximum Gasteiger partial charge on any atom is 0.171 e. The van der Waals surface area contributed by atoms with Crippen molar-refractivity contribution >= 4 is 28.9 Å². The zero-order chi connectivity index (χ0) is 8.27. The van der Waals surface area contributed by atoms with Crippen molar-refractivity contribution in [3.63, 3.8) is 0 Å². The van der Waals surface area contributed by atoms with E-state index in [4.69, 9.17) is 0 Å². The maximum absolute atomic E-state index is 10.8. The molecule has 1 aromatic rings. The van der Waals surface area contributed by atoms with Crippen LogP contribution in [0.15, 0.2) is 10.5 Å². The molecular weight excluding hydrogens is 178 g/mol. The average molecular weight is 187 g/mol. The third kappa shape index (κ3) is 2.31. The number of Topliss-reactive ketones (excluding diaryl/α,β-unsaturated/α-hetero) is 1. The Morgan fingerprint density at radius 3 is 3.00 bits per heavy atom. The predicted octanol–water partition coefficient (Wildman–Crippen LogP) is 2.46. The van der Waals surface area contributed by atoms with Crippen LogP contribution in [0.2, 0.25) is 0 Å². The molecule has 0 saturated carbocycles. The van der Waals surface area contributed by atoms with Gasteiger partial charge in [0, 0.05) is 6.92 Å². The molecule has 0 fully saturated rings. The molecule has 0 amide bonds. The molecule has 0 aliphatic carbocycles. The lowest BCUT2D eigenvalue weighted by molar-refractivity contribution is 0.102. The molecule has 2 nitrogen and oxygen atoms in total. The van der Waals surface area contributed by atoms with E-state index in [0.29, 0.717) is 0 Å². The molecule has 1 aromatic heterocycles. The highest BCUT2D eigenvalue weighted by atomic mass is 32.2. The molecule has 0 aliphatic heterocycles. The van der Waals surface area contributed by atoms with Gasteiger partial charge in [-0.3, -0.25) is 4.79 Å². The average Bonchev–Trinajstić information content (AvgIpc) is 2.37. The standard InChI is InChI=1S/C7H9NOS2/c1-3-10-7-8-4-6(11-7)5(2)9/h4H,3H2,1-2H3. The van der Waals surface area contributed by atoms with Gasteiger partial charge in [-0.25, -0.2) is 4.98 Å². The Balaban J connectivity index is 2.73. The molecule has 0 unspecified atom stereocenters. The Labute approximate surface area is 74.0 Å². The van der Waals surface area contributed by atoms with Crippen LogP contribution in [0.5, 0.6) is 0 Å². The summed E-state index contributed by atoms with van der Waals surface area (Å²) in [5, 5.41) is 0. The zero-order valence-corrected chi connectivity index (χ0v) is 8.09. The van der Waals surface area contributed by atoms with Crippen LogP contribution >= 0.6 is 23.1 Å². The van der Waals surface area contributed by atoms with Gasteiger partial charge in [-0.1, -0.05) is 18.7 Å². The third-order valence-corrected chi connectivity index (χ3v) is 3.24. The summed E-state index contributed by atoms with van der Waals surface area (Å²) in [7, 11) is 0. The summed E-state index contributed by atoms with van der Waals surface area (Å²) in [6.07, 6.45) is 1.64. The Morgan fingerprint density at radius 1 is 1.82 bits per heavy atom. The molecular formula is C7H9NOS2. The summed E-state index contributed by atoms with van der Waals surface area (Å²) in [4.78, 5) is 15.7. The predicted molar refractivity (Wildman–Crippen MR) is 48.5 cm³/mol. The van der Waals surface area contributed by atoms with Gasteiger partial charge < -0.3 is 0 Å². The summed E-state index contributed by atoms with van der Waals surface area (Å²) < 4.78 is 0.984. The molecule has 0 saturated heterocycles. The lowest BCUT2D eigenvalue weighted by Crippen LogP contribution is -1.83. The quantitative estimate of drug-likeness (QED) is 0.538. The third-order valence-electron chi connectivity index (χ3n) is 1.10. The number of aromatic nitrogens is 1. The SMILES string of the molecule is CCSc1ncc(C(C)=O)s1. The van der Waals surface area contributed by atoms with Crippen LogP contribution in [0.3, 0.4) is 0 Å². The molecule has 60 valence electrons. The molecule has 4 heteroatoms. The molecule has 11 heavy (non-hydrogen) atoms. The molecule has 0 atom stereocenters.